The van der Waals surface area contributed by atoms with E-state index in [0.29, 0.717) is 40.8 Å². The lowest BCUT2D eigenvalue weighted by Gasteiger charge is -2.61. The summed E-state index contributed by atoms with van der Waals surface area (Å²) in [6, 6.07) is 6.81. The van der Waals surface area contributed by atoms with Crippen molar-refractivity contribution in [3.8, 4) is 16.9 Å². The number of halogens is 1. The van der Waals surface area contributed by atoms with Gasteiger partial charge in [-0.2, -0.15) is 5.10 Å². The Labute approximate surface area is 262 Å². The van der Waals surface area contributed by atoms with Crippen LogP contribution in [-0.4, -0.2) is 83.3 Å². The normalized spacial score (nSPS) is 19.6. The smallest absolute Gasteiger partial charge is 0.227 e. The SMILES string of the molecule is CC(C)c1nn(C2CC3(C2)CN(C2CCOCC2)C3)cc1Nc1ncc(-c2ccc(Cl)c(O[C@@H](C)Cn3cnnn3)c2)cn1. The van der Waals surface area contributed by atoms with Crippen molar-refractivity contribution in [2.75, 3.05) is 31.6 Å². The van der Waals surface area contributed by atoms with Crippen LogP contribution in [0.1, 0.15) is 64.1 Å². The van der Waals surface area contributed by atoms with Crippen LogP contribution in [-0.2, 0) is 11.3 Å². The van der Waals surface area contributed by atoms with Gasteiger partial charge in [-0.3, -0.25) is 9.58 Å². The van der Waals surface area contributed by atoms with Gasteiger partial charge in [0.1, 0.15) is 18.2 Å². The first-order chi connectivity index (χ1) is 21.3. The maximum Gasteiger partial charge on any atom is 0.227 e. The molecule has 0 radical (unpaired) electrons. The summed E-state index contributed by atoms with van der Waals surface area (Å²) in [5.41, 5.74) is 4.24. The van der Waals surface area contributed by atoms with Crippen LogP contribution >= 0.6 is 11.6 Å². The number of rotatable bonds is 10. The molecule has 7 rings (SSSR count). The van der Waals surface area contributed by atoms with Crippen molar-refractivity contribution in [1.82, 2.24) is 44.9 Å². The Balaban J connectivity index is 0.985. The average Bonchev–Trinajstić information content (AvgIpc) is 3.64. The molecule has 1 atom stereocenters. The second kappa shape index (κ2) is 12.1. The first-order valence-corrected chi connectivity index (χ1v) is 15.9. The molecule has 1 aromatic carbocycles. The van der Waals surface area contributed by atoms with Gasteiger partial charge < -0.3 is 14.8 Å². The van der Waals surface area contributed by atoms with Crippen molar-refractivity contribution < 1.29 is 9.47 Å². The molecule has 0 bridgehead atoms. The summed E-state index contributed by atoms with van der Waals surface area (Å²) in [7, 11) is 0. The summed E-state index contributed by atoms with van der Waals surface area (Å²) < 4.78 is 15.4. The third-order valence-corrected chi connectivity index (χ3v) is 9.44. The van der Waals surface area contributed by atoms with Gasteiger partial charge in [0.05, 0.1) is 29.0 Å². The molecule has 232 valence electrons. The quantitative estimate of drug-likeness (QED) is 0.256. The second-order valence-corrected chi connectivity index (χ2v) is 13.3. The van der Waals surface area contributed by atoms with E-state index in [1.807, 2.05) is 37.5 Å². The Hall–Kier alpha value is -3.61. The molecule has 1 aliphatic carbocycles. The van der Waals surface area contributed by atoms with E-state index in [2.05, 4.69) is 60.4 Å². The van der Waals surface area contributed by atoms with Gasteiger partial charge in [0, 0.05) is 56.5 Å². The van der Waals surface area contributed by atoms with Crippen LogP contribution in [0.3, 0.4) is 0 Å². The molecular weight excluding hydrogens is 580 g/mol. The fourth-order valence-electron chi connectivity index (χ4n) is 6.84. The molecule has 0 unspecified atom stereocenters. The highest BCUT2D eigenvalue weighted by atomic mass is 35.5. The summed E-state index contributed by atoms with van der Waals surface area (Å²) in [6.45, 7) is 11.0. The molecule has 1 saturated carbocycles. The summed E-state index contributed by atoms with van der Waals surface area (Å²) in [6.07, 6.45) is 11.9. The molecule has 12 nitrogen and oxygen atoms in total. The van der Waals surface area contributed by atoms with Gasteiger partial charge in [-0.15, -0.1) is 5.10 Å². The van der Waals surface area contributed by atoms with E-state index < -0.39 is 0 Å². The van der Waals surface area contributed by atoms with Gasteiger partial charge in [-0.05, 0) is 72.1 Å². The highest BCUT2D eigenvalue weighted by molar-refractivity contribution is 6.32. The van der Waals surface area contributed by atoms with E-state index in [4.69, 9.17) is 26.2 Å². The predicted molar refractivity (Wildman–Crippen MR) is 166 cm³/mol. The van der Waals surface area contributed by atoms with Gasteiger partial charge in [0.25, 0.3) is 0 Å². The number of aromatic nitrogens is 8. The van der Waals surface area contributed by atoms with E-state index in [0.717, 1.165) is 35.7 Å². The molecule has 13 heteroatoms. The number of ether oxygens (including phenoxy) is 2. The van der Waals surface area contributed by atoms with Gasteiger partial charge in [-0.1, -0.05) is 31.5 Å². The van der Waals surface area contributed by atoms with Crippen molar-refractivity contribution in [3.63, 3.8) is 0 Å². The monoisotopic (exact) mass is 618 g/mol. The zero-order chi connectivity index (χ0) is 30.3. The van der Waals surface area contributed by atoms with Crippen LogP contribution in [0.5, 0.6) is 5.75 Å². The van der Waals surface area contributed by atoms with Crippen molar-refractivity contribution in [2.24, 2.45) is 5.41 Å². The third kappa shape index (κ3) is 6.02. The molecule has 0 amide bonds. The average molecular weight is 619 g/mol. The van der Waals surface area contributed by atoms with Crippen LogP contribution in [0.15, 0.2) is 43.1 Å². The van der Waals surface area contributed by atoms with E-state index in [-0.39, 0.29) is 12.0 Å². The topological polar surface area (TPSA) is 121 Å². The van der Waals surface area contributed by atoms with E-state index in [1.54, 1.807) is 11.0 Å². The Kier molecular flexibility index (Phi) is 7.98. The van der Waals surface area contributed by atoms with Crippen LogP contribution < -0.4 is 10.1 Å². The number of hydrogen-bond acceptors (Lipinski definition) is 10. The van der Waals surface area contributed by atoms with Gasteiger partial charge in [-0.25, -0.2) is 14.6 Å². The molecule has 2 aliphatic heterocycles. The maximum absolute atomic E-state index is 6.44. The minimum atomic E-state index is -0.184. The van der Waals surface area contributed by atoms with Gasteiger partial charge >= 0.3 is 0 Å². The zero-order valence-corrected chi connectivity index (χ0v) is 26.2. The number of benzene rings is 1. The first-order valence-electron chi connectivity index (χ1n) is 15.5. The molecule has 5 heterocycles. The second-order valence-electron chi connectivity index (χ2n) is 12.9. The lowest BCUT2D eigenvalue weighted by atomic mass is 9.60. The molecular formula is C31H39ClN10O2. The van der Waals surface area contributed by atoms with Crippen molar-refractivity contribution in [2.45, 2.75) is 77.1 Å². The number of tetrazole rings is 1. The van der Waals surface area contributed by atoms with Crippen molar-refractivity contribution in [3.05, 3.63) is 53.8 Å². The minimum Gasteiger partial charge on any atom is -0.487 e. The summed E-state index contributed by atoms with van der Waals surface area (Å²) in [4.78, 5) is 11.9. The summed E-state index contributed by atoms with van der Waals surface area (Å²) in [5.74, 6) is 1.39. The van der Waals surface area contributed by atoms with Crippen LogP contribution in [0.25, 0.3) is 11.1 Å². The molecule has 4 aromatic rings. The van der Waals surface area contributed by atoms with Crippen molar-refractivity contribution >= 4 is 23.2 Å². The molecule has 44 heavy (non-hydrogen) atoms. The van der Waals surface area contributed by atoms with Gasteiger partial charge in [0.2, 0.25) is 5.95 Å². The molecule has 1 N–H and O–H groups in total. The third-order valence-electron chi connectivity index (χ3n) is 9.13. The number of anilines is 2. The lowest BCUT2D eigenvalue weighted by Crippen LogP contribution is -2.65. The fourth-order valence-corrected chi connectivity index (χ4v) is 7.00. The standard InChI is InChI=1S/C31H39ClN10O2/c1-20(2)29-27(16-42(37-29)25-11-31(12-25)17-40(18-31)24-6-8-43-9-7-24)36-30-33-13-23(14-34-30)22-4-5-26(32)28(10-22)44-21(3)15-41-19-35-38-39-41/h4-5,10,13-14,16,19-21,24-25H,6-9,11-12,15,17-18H2,1-3H3,(H,33,34,36)/t21-/m0/s1. The Morgan fingerprint density at radius 1 is 1.07 bits per heavy atom. The van der Waals surface area contributed by atoms with Crippen LogP contribution in [0.4, 0.5) is 11.6 Å². The zero-order valence-electron chi connectivity index (χ0n) is 25.4. The Morgan fingerprint density at radius 2 is 1.84 bits per heavy atom. The van der Waals surface area contributed by atoms with E-state index >= 15 is 0 Å². The number of likely N-dealkylation sites (tertiary alicyclic amines) is 1. The summed E-state index contributed by atoms with van der Waals surface area (Å²) in [5, 5.41) is 20.2. The fraction of sp³-hybridized carbons (Fsp3) is 0.548. The largest absolute Gasteiger partial charge is 0.487 e. The van der Waals surface area contributed by atoms with Crippen LogP contribution in [0.2, 0.25) is 5.02 Å². The molecule has 3 fully saturated rings. The van der Waals surface area contributed by atoms with Gasteiger partial charge in [0.15, 0.2) is 0 Å². The van der Waals surface area contributed by atoms with E-state index in [9.17, 15) is 0 Å². The lowest BCUT2D eigenvalue weighted by molar-refractivity contribution is -0.124. The number of hydrogen-bond donors (Lipinski definition) is 1. The number of nitrogens with zero attached hydrogens (tertiary/aromatic N) is 9. The Bertz CT molecular complexity index is 1550. The van der Waals surface area contributed by atoms with Crippen LogP contribution in [0, 0.1) is 5.41 Å². The minimum absolute atomic E-state index is 0.184. The Morgan fingerprint density at radius 3 is 2.55 bits per heavy atom. The van der Waals surface area contributed by atoms with Crippen molar-refractivity contribution in [1.29, 1.82) is 0 Å². The molecule has 3 aliphatic rings. The highest BCUT2D eigenvalue weighted by Crippen LogP contribution is 2.55. The van der Waals surface area contributed by atoms with E-state index in [1.165, 1.54) is 38.8 Å². The molecule has 2 saturated heterocycles. The predicted octanol–water partition coefficient (Wildman–Crippen LogP) is 5.13. The summed E-state index contributed by atoms with van der Waals surface area (Å²) >= 11 is 6.44. The maximum atomic E-state index is 6.44. The first kappa shape index (κ1) is 29.1. The highest BCUT2D eigenvalue weighted by Gasteiger charge is 2.54. The molecule has 3 aromatic heterocycles. The number of nitrogens with one attached hydrogen (secondary N) is 1. The molecule has 1 spiro atoms.